The van der Waals surface area contributed by atoms with Gasteiger partial charge in [-0.3, -0.25) is 0 Å². The zero-order valence-electron chi connectivity index (χ0n) is 20.3. The van der Waals surface area contributed by atoms with E-state index in [2.05, 4.69) is 27.7 Å². The SMILES string of the molecule is CC(O)C(C)CCC[C@@H](C)[C@H]1CC[C@H]2[C@@H]3CCC4CCCC[C@]4(C)[C@H]3CC[C@]12C. The van der Waals surface area contributed by atoms with Crippen molar-refractivity contribution in [3.05, 3.63) is 0 Å². The number of aliphatic hydroxyl groups excluding tert-OH is 1. The van der Waals surface area contributed by atoms with Crippen LogP contribution in [-0.2, 0) is 0 Å². The Morgan fingerprint density at radius 1 is 0.793 bits per heavy atom. The van der Waals surface area contributed by atoms with E-state index < -0.39 is 0 Å². The molecule has 0 aromatic heterocycles. The molecule has 3 unspecified atom stereocenters. The van der Waals surface area contributed by atoms with Crippen molar-refractivity contribution < 1.29 is 5.11 Å². The molecule has 0 aromatic carbocycles. The second kappa shape index (κ2) is 8.48. The van der Waals surface area contributed by atoms with Crippen molar-refractivity contribution >= 4 is 0 Å². The largest absolute Gasteiger partial charge is 0.393 e. The van der Waals surface area contributed by atoms with E-state index in [1.165, 1.54) is 70.6 Å². The van der Waals surface area contributed by atoms with Crippen LogP contribution in [0.15, 0.2) is 0 Å². The van der Waals surface area contributed by atoms with Gasteiger partial charge in [0.25, 0.3) is 0 Å². The van der Waals surface area contributed by atoms with Crippen LogP contribution in [0.25, 0.3) is 0 Å². The second-order valence-electron chi connectivity index (χ2n) is 12.8. The highest BCUT2D eigenvalue weighted by molar-refractivity contribution is 5.09. The van der Waals surface area contributed by atoms with Crippen LogP contribution >= 0.6 is 0 Å². The lowest BCUT2D eigenvalue weighted by Crippen LogP contribution is -2.53. The van der Waals surface area contributed by atoms with Gasteiger partial charge in [0.2, 0.25) is 0 Å². The molecule has 4 saturated carbocycles. The fraction of sp³-hybridized carbons (Fsp3) is 1.00. The van der Waals surface area contributed by atoms with Gasteiger partial charge in [-0.25, -0.2) is 0 Å². The molecule has 0 bridgehead atoms. The Hall–Kier alpha value is -0.0400. The molecule has 0 amide bonds. The monoisotopic (exact) mass is 402 g/mol. The minimum atomic E-state index is -0.148. The van der Waals surface area contributed by atoms with Crippen molar-refractivity contribution in [1.29, 1.82) is 0 Å². The van der Waals surface area contributed by atoms with Gasteiger partial charge in [-0.05, 0) is 117 Å². The van der Waals surface area contributed by atoms with Crippen molar-refractivity contribution in [3.8, 4) is 0 Å². The highest BCUT2D eigenvalue weighted by Gasteiger charge is 2.59. The average Bonchev–Trinajstić information content (AvgIpc) is 3.04. The van der Waals surface area contributed by atoms with Crippen molar-refractivity contribution in [2.75, 3.05) is 0 Å². The third kappa shape index (κ3) is 3.85. The summed E-state index contributed by atoms with van der Waals surface area (Å²) in [6.07, 6.45) is 19.0. The number of hydrogen-bond donors (Lipinski definition) is 1. The minimum Gasteiger partial charge on any atom is -0.393 e. The van der Waals surface area contributed by atoms with Gasteiger partial charge in [0, 0.05) is 0 Å². The van der Waals surface area contributed by atoms with E-state index in [9.17, 15) is 5.11 Å². The van der Waals surface area contributed by atoms with Gasteiger partial charge in [0.15, 0.2) is 0 Å². The summed E-state index contributed by atoms with van der Waals surface area (Å²) in [6, 6.07) is 0. The van der Waals surface area contributed by atoms with Gasteiger partial charge in [-0.2, -0.15) is 0 Å². The van der Waals surface area contributed by atoms with E-state index in [4.69, 9.17) is 0 Å². The molecule has 0 saturated heterocycles. The third-order valence-corrected chi connectivity index (χ3v) is 11.5. The summed E-state index contributed by atoms with van der Waals surface area (Å²) in [7, 11) is 0. The van der Waals surface area contributed by atoms with Gasteiger partial charge in [-0.15, -0.1) is 0 Å². The van der Waals surface area contributed by atoms with E-state index in [0.29, 0.717) is 16.7 Å². The van der Waals surface area contributed by atoms with E-state index in [1.807, 2.05) is 6.92 Å². The topological polar surface area (TPSA) is 20.2 Å². The maximum Gasteiger partial charge on any atom is 0.0537 e. The molecular weight excluding hydrogens is 352 g/mol. The maximum absolute atomic E-state index is 9.81. The zero-order chi connectivity index (χ0) is 20.8. The quantitative estimate of drug-likeness (QED) is 0.479. The van der Waals surface area contributed by atoms with Crippen LogP contribution in [0.2, 0.25) is 0 Å². The second-order valence-corrected chi connectivity index (χ2v) is 12.8. The molecule has 4 fully saturated rings. The van der Waals surface area contributed by atoms with Gasteiger partial charge in [0.05, 0.1) is 6.10 Å². The van der Waals surface area contributed by atoms with Crippen molar-refractivity contribution in [1.82, 2.24) is 0 Å². The van der Waals surface area contributed by atoms with Crippen LogP contribution in [0.3, 0.4) is 0 Å². The zero-order valence-corrected chi connectivity index (χ0v) is 20.3. The first kappa shape index (κ1) is 22.2. The number of rotatable bonds is 6. The summed E-state index contributed by atoms with van der Waals surface area (Å²) in [5, 5.41) is 9.81. The molecule has 1 N–H and O–H groups in total. The Morgan fingerprint density at radius 2 is 1.55 bits per heavy atom. The fourth-order valence-corrected chi connectivity index (χ4v) is 9.47. The normalized spacial score (nSPS) is 47.6. The highest BCUT2D eigenvalue weighted by atomic mass is 16.3. The van der Waals surface area contributed by atoms with Gasteiger partial charge < -0.3 is 5.11 Å². The molecule has 0 spiro atoms. The van der Waals surface area contributed by atoms with E-state index >= 15 is 0 Å². The molecule has 4 aliphatic carbocycles. The molecule has 0 radical (unpaired) electrons. The summed E-state index contributed by atoms with van der Waals surface area (Å²) in [6.45, 7) is 12.2. The number of aliphatic hydroxyl groups is 1. The smallest absolute Gasteiger partial charge is 0.0537 e. The molecule has 1 nitrogen and oxygen atoms in total. The summed E-state index contributed by atoms with van der Waals surface area (Å²) in [5.74, 6) is 6.42. The molecule has 4 aliphatic rings. The molecule has 168 valence electrons. The molecular formula is C28H50O. The summed E-state index contributed by atoms with van der Waals surface area (Å²) >= 11 is 0. The summed E-state index contributed by atoms with van der Waals surface area (Å²) in [5.41, 5.74) is 1.30. The maximum atomic E-state index is 9.81. The molecule has 29 heavy (non-hydrogen) atoms. The number of hydrogen-bond acceptors (Lipinski definition) is 1. The van der Waals surface area contributed by atoms with Crippen molar-refractivity contribution in [3.63, 3.8) is 0 Å². The lowest BCUT2D eigenvalue weighted by molar-refractivity contribution is -0.114. The van der Waals surface area contributed by atoms with Crippen LogP contribution < -0.4 is 0 Å². The Bertz CT molecular complexity index is 555. The predicted octanol–water partition coefficient (Wildman–Crippen LogP) is 7.86. The first-order valence-corrected chi connectivity index (χ1v) is 13.5. The van der Waals surface area contributed by atoms with Gasteiger partial charge in [0.1, 0.15) is 0 Å². The highest BCUT2D eigenvalue weighted by Crippen LogP contribution is 2.68. The van der Waals surface area contributed by atoms with E-state index in [1.54, 1.807) is 12.8 Å². The Morgan fingerprint density at radius 3 is 2.31 bits per heavy atom. The predicted molar refractivity (Wildman–Crippen MR) is 124 cm³/mol. The summed E-state index contributed by atoms with van der Waals surface area (Å²) in [4.78, 5) is 0. The van der Waals surface area contributed by atoms with Gasteiger partial charge in [-0.1, -0.05) is 53.4 Å². The Balaban J connectivity index is 1.41. The Labute approximate surface area is 181 Å². The summed E-state index contributed by atoms with van der Waals surface area (Å²) < 4.78 is 0. The molecule has 10 atom stereocenters. The molecule has 0 aliphatic heterocycles. The third-order valence-electron chi connectivity index (χ3n) is 11.5. The lowest BCUT2D eigenvalue weighted by Gasteiger charge is -2.61. The number of fused-ring (bicyclic) bond motifs is 5. The fourth-order valence-electron chi connectivity index (χ4n) is 9.47. The minimum absolute atomic E-state index is 0.148. The van der Waals surface area contributed by atoms with Crippen LogP contribution in [0.4, 0.5) is 0 Å². The van der Waals surface area contributed by atoms with Gasteiger partial charge >= 0.3 is 0 Å². The molecule has 0 heterocycles. The van der Waals surface area contributed by atoms with E-state index in [0.717, 1.165) is 35.5 Å². The van der Waals surface area contributed by atoms with Crippen LogP contribution in [0.5, 0.6) is 0 Å². The van der Waals surface area contributed by atoms with Crippen LogP contribution in [-0.4, -0.2) is 11.2 Å². The molecule has 1 heteroatoms. The van der Waals surface area contributed by atoms with Crippen molar-refractivity contribution in [2.45, 2.75) is 124 Å². The Kier molecular flexibility index (Phi) is 6.48. The average molecular weight is 403 g/mol. The van der Waals surface area contributed by atoms with Crippen LogP contribution in [0, 0.1) is 52.3 Å². The van der Waals surface area contributed by atoms with E-state index in [-0.39, 0.29) is 6.10 Å². The first-order valence-electron chi connectivity index (χ1n) is 13.5. The van der Waals surface area contributed by atoms with Crippen LogP contribution in [0.1, 0.15) is 118 Å². The lowest BCUT2D eigenvalue weighted by atomic mass is 9.44. The first-order chi connectivity index (χ1) is 13.8. The standard InChI is InChI=1S/C28H50O/c1-19(21(3)29)9-8-10-20(2)24-14-15-25-23-13-12-22-11-6-7-17-27(22,4)26(23)16-18-28(24,25)5/h19-26,29H,6-18H2,1-5H3/t19?,20-,21?,22?,23+,24-,25+,26+,27+,28-/m1/s1. The molecule has 4 rings (SSSR count). The van der Waals surface area contributed by atoms with Crippen molar-refractivity contribution in [2.24, 2.45) is 52.3 Å². The molecule has 0 aromatic rings.